The molecule has 5 nitrogen and oxygen atoms in total. The Labute approximate surface area is 168 Å². The maximum absolute atomic E-state index is 12.7. The van der Waals surface area contributed by atoms with E-state index in [4.69, 9.17) is 9.47 Å². The Morgan fingerprint density at radius 3 is 1.81 bits per heavy atom. The van der Waals surface area contributed by atoms with Gasteiger partial charge in [0, 0.05) is 15.8 Å². The molecule has 0 amide bonds. The first kappa shape index (κ1) is 20.5. The van der Waals surface area contributed by atoms with E-state index in [-0.39, 0.29) is 13.2 Å². The maximum Gasteiger partial charge on any atom is 0.336 e. The van der Waals surface area contributed by atoms with Crippen LogP contribution in [0.4, 0.5) is 0 Å². The SMILES string of the molecule is CCOC(=O)C1=C(C)NC(C)=C(C(=O)OCC)C1c1ccc(CI)cc1. The fraction of sp³-hybridized carbons (Fsp3) is 0.400. The van der Waals surface area contributed by atoms with E-state index in [2.05, 4.69) is 27.9 Å². The Morgan fingerprint density at radius 2 is 1.42 bits per heavy atom. The third-order valence-electron chi connectivity index (χ3n) is 4.22. The van der Waals surface area contributed by atoms with Gasteiger partial charge in [-0.25, -0.2) is 9.59 Å². The minimum Gasteiger partial charge on any atom is -0.463 e. The van der Waals surface area contributed by atoms with Gasteiger partial charge in [-0.3, -0.25) is 0 Å². The van der Waals surface area contributed by atoms with Gasteiger partial charge in [-0.15, -0.1) is 0 Å². The fourth-order valence-electron chi connectivity index (χ4n) is 3.09. The molecule has 0 fully saturated rings. The first-order valence-electron chi connectivity index (χ1n) is 8.62. The number of carbonyl (C=O) groups excluding carboxylic acids is 2. The predicted molar refractivity (Wildman–Crippen MR) is 109 cm³/mol. The largest absolute Gasteiger partial charge is 0.463 e. The molecule has 0 spiro atoms. The average Bonchev–Trinajstić information content (AvgIpc) is 2.61. The van der Waals surface area contributed by atoms with Crippen LogP contribution in [0, 0.1) is 0 Å². The number of hydrogen-bond donors (Lipinski definition) is 1. The highest BCUT2D eigenvalue weighted by Gasteiger charge is 2.37. The number of esters is 2. The van der Waals surface area contributed by atoms with Gasteiger partial charge in [-0.2, -0.15) is 0 Å². The summed E-state index contributed by atoms with van der Waals surface area (Å²) in [6.07, 6.45) is 0. The zero-order chi connectivity index (χ0) is 19.3. The minimum atomic E-state index is -0.516. The second-order valence-electron chi connectivity index (χ2n) is 5.95. The van der Waals surface area contributed by atoms with Crippen LogP contribution in [0.25, 0.3) is 0 Å². The van der Waals surface area contributed by atoms with E-state index in [0.717, 1.165) is 9.99 Å². The zero-order valence-corrected chi connectivity index (χ0v) is 17.7. The van der Waals surface area contributed by atoms with Crippen molar-refractivity contribution in [2.75, 3.05) is 13.2 Å². The van der Waals surface area contributed by atoms with Crippen LogP contribution in [0.5, 0.6) is 0 Å². The average molecular weight is 469 g/mol. The molecule has 1 aliphatic heterocycles. The van der Waals surface area contributed by atoms with E-state index in [1.54, 1.807) is 13.8 Å². The first-order chi connectivity index (χ1) is 12.4. The normalized spacial score (nSPS) is 15.0. The predicted octanol–water partition coefficient (Wildman–Crippen LogP) is 3.98. The summed E-state index contributed by atoms with van der Waals surface area (Å²) >= 11 is 2.30. The molecule has 140 valence electrons. The van der Waals surface area contributed by atoms with Crippen LogP contribution in [-0.4, -0.2) is 25.2 Å². The van der Waals surface area contributed by atoms with Crippen molar-refractivity contribution >= 4 is 34.5 Å². The highest BCUT2D eigenvalue weighted by molar-refractivity contribution is 14.1. The lowest BCUT2D eigenvalue weighted by Crippen LogP contribution is -2.32. The van der Waals surface area contributed by atoms with E-state index in [9.17, 15) is 9.59 Å². The number of allylic oxidation sites excluding steroid dienone is 2. The summed E-state index contributed by atoms with van der Waals surface area (Å²) in [5.41, 5.74) is 4.32. The number of ether oxygens (including phenoxy) is 2. The minimum absolute atomic E-state index is 0.271. The molecule has 1 aromatic carbocycles. The smallest absolute Gasteiger partial charge is 0.336 e. The van der Waals surface area contributed by atoms with Crippen LogP contribution >= 0.6 is 22.6 Å². The number of rotatable bonds is 6. The van der Waals surface area contributed by atoms with E-state index < -0.39 is 17.9 Å². The Hall–Kier alpha value is -1.83. The molecule has 1 aliphatic rings. The van der Waals surface area contributed by atoms with Crippen molar-refractivity contribution in [3.63, 3.8) is 0 Å². The van der Waals surface area contributed by atoms with Crippen molar-refractivity contribution < 1.29 is 19.1 Å². The van der Waals surface area contributed by atoms with E-state index >= 15 is 0 Å². The highest BCUT2D eigenvalue weighted by atomic mass is 127. The summed E-state index contributed by atoms with van der Waals surface area (Å²) < 4.78 is 11.4. The molecule has 1 aromatic rings. The molecule has 1 heterocycles. The summed E-state index contributed by atoms with van der Waals surface area (Å²) in [4.78, 5) is 25.3. The molecule has 26 heavy (non-hydrogen) atoms. The number of nitrogens with one attached hydrogen (secondary N) is 1. The molecule has 0 aliphatic carbocycles. The fourth-order valence-corrected chi connectivity index (χ4v) is 3.59. The second-order valence-corrected chi connectivity index (χ2v) is 6.71. The van der Waals surface area contributed by atoms with Gasteiger partial charge in [0.1, 0.15) is 0 Å². The summed E-state index contributed by atoms with van der Waals surface area (Å²) in [5.74, 6) is -1.36. The van der Waals surface area contributed by atoms with Crippen LogP contribution in [0.15, 0.2) is 46.8 Å². The van der Waals surface area contributed by atoms with Crippen molar-refractivity contribution in [1.82, 2.24) is 5.32 Å². The van der Waals surface area contributed by atoms with E-state index in [1.165, 1.54) is 5.56 Å². The van der Waals surface area contributed by atoms with Gasteiger partial charge in [0.2, 0.25) is 0 Å². The summed E-state index contributed by atoms with van der Waals surface area (Å²) in [5, 5.41) is 3.14. The number of carbonyl (C=O) groups is 2. The maximum atomic E-state index is 12.7. The number of alkyl halides is 1. The van der Waals surface area contributed by atoms with Crippen LogP contribution in [0.2, 0.25) is 0 Å². The lowest BCUT2D eigenvalue weighted by molar-refractivity contribution is -0.139. The van der Waals surface area contributed by atoms with Gasteiger partial charge < -0.3 is 14.8 Å². The van der Waals surface area contributed by atoms with Gasteiger partial charge in [-0.1, -0.05) is 46.9 Å². The number of hydrogen-bond acceptors (Lipinski definition) is 5. The molecule has 6 heteroatoms. The summed E-state index contributed by atoms with van der Waals surface area (Å²) in [6.45, 7) is 7.72. The van der Waals surface area contributed by atoms with Crippen molar-refractivity contribution in [3.8, 4) is 0 Å². The van der Waals surface area contributed by atoms with E-state index in [0.29, 0.717) is 22.5 Å². The highest BCUT2D eigenvalue weighted by Crippen LogP contribution is 2.39. The van der Waals surface area contributed by atoms with Crippen LogP contribution in [0.3, 0.4) is 0 Å². The molecule has 0 unspecified atom stereocenters. The monoisotopic (exact) mass is 469 g/mol. The third-order valence-corrected chi connectivity index (χ3v) is 5.10. The van der Waals surface area contributed by atoms with Crippen LogP contribution in [0.1, 0.15) is 44.7 Å². The molecule has 0 saturated carbocycles. The number of halogens is 1. The van der Waals surface area contributed by atoms with E-state index in [1.807, 2.05) is 38.1 Å². The molecular formula is C20H24INO4. The van der Waals surface area contributed by atoms with Gasteiger partial charge >= 0.3 is 11.9 Å². The topological polar surface area (TPSA) is 64.6 Å². The Kier molecular flexibility index (Phi) is 7.25. The molecule has 1 N–H and O–H groups in total. The number of benzene rings is 1. The second kappa shape index (κ2) is 9.21. The standard InChI is InChI=1S/C20H24INO4/c1-5-25-19(23)16-12(3)22-13(4)17(20(24)26-6-2)18(16)15-9-7-14(11-21)8-10-15/h7-10,18,22H,5-6,11H2,1-4H3. The Balaban J connectivity index is 2.60. The first-order valence-corrected chi connectivity index (χ1v) is 10.1. The molecule has 2 rings (SSSR count). The third kappa shape index (κ3) is 4.28. The molecular weight excluding hydrogens is 445 g/mol. The van der Waals surface area contributed by atoms with Gasteiger partial charge in [0.05, 0.1) is 30.3 Å². The van der Waals surface area contributed by atoms with Crippen LogP contribution in [-0.2, 0) is 23.5 Å². The number of dihydropyridines is 1. The molecule has 0 aromatic heterocycles. The molecule has 0 radical (unpaired) electrons. The van der Waals surface area contributed by atoms with Crippen molar-refractivity contribution in [2.45, 2.75) is 38.0 Å². The molecule has 0 atom stereocenters. The molecule has 0 bridgehead atoms. The van der Waals surface area contributed by atoms with Crippen LogP contribution < -0.4 is 5.32 Å². The lowest BCUT2D eigenvalue weighted by atomic mass is 9.80. The Bertz CT molecular complexity index is 710. The van der Waals surface area contributed by atoms with Gasteiger partial charge in [0.15, 0.2) is 0 Å². The lowest BCUT2D eigenvalue weighted by Gasteiger charge is -2.30. The summed E-state index contributed by atoms with van der Waals surface area (Å²) in [7, 11) is 0. The molecule has 0 saturated heterocycles. The van der Waals surface area contributed by atoms with Crippen molar-refractivity contribution in [1.29, 1.82) is 0 Å². The Morgan fingerprint density at radius 1 is 0.962 bits per heavy atom. The van der Waals surface area contributed by atoms with Gasteiger partial charge in [0.25, 0.3) is 0 Å². The van der Waals surface area contributed by atoms with Crippen molar-refractivity contribution in [3.05, 3.63) is 57.9 Å². The van der Waals surface area contributed by atoms with Gasteiger partial charge in [-0.05, 0) is 38.8 Å². The summed E-state index contributed by atoms with van der Waals surface area (Å²) in [6, 6.07) is 7.95. The van der Waals surface area contributed by atoms with Crippen molar-refractivity contribution in [2.24, 2.45) is 0 Å². The zero-order valence-electron chi connectivity index (χ0n) is 15.5. The quantitative estimate of drug-likeness (QED) is 0.388.